The van der Waals surface area contributed by atoms with Crippen LogP contribution in [0.4, 0.5) is 0 Å². The first-order valence-corrected chi connectivity index (χ1v) is 14.1. The molecule has 0 amide bonds. The number of carbonyl (C=O) groups excluding carboxylic acids is 1. The van der Waals surface area contributed by atoms with Crippen molar-refractivity contribution in [3.8, 4) is 0 Å². The fraction of sp³-hybridized carbons (Fsp3) is 0.357. The number of benzene rings is 1. The van der Waals surface area contributed by atoms with Crippen molar-refractivity contribution in [3.63, 3.8) is 0 Å². The molecule has 198 valence electrons. The maximum atomic E-state index is 12.9. The summed E-state index contributed by atoms with van der Waals surface area (Å²) in [6.45, 7) is 6.28. The molecule has 3 rings (SSSR count). The number of pyridine rings is 1. The summed E-state index contributed by atoms with van der Waals surface area (Å²) in [4.78, 5) is 36.7. The Bertz CT molecular complexity index is 1110. The quantitative estimate of drug-likeness (QED) is 0.103. The first-order valence-electron chi connectivity index (χ1n) is 12.2. The van der Waals surface area contributed by atoms with Crippen molar-refractivity contribution in [2.75, 3.05) is 12.3 Å². The van der Waals surface area contributed by atoms with E-state index >= 15 is 0 Å². The Hall–Kier alpha value is -3.01. The average Bonchev–Trinajstić information content (AvgIpc) is 3.43. The number of nitrogens with zero attached hydrogens (tertiary/aromatic N) is 1. The van der Waals surface area contributed by atoms with Crippen LogP contribution in [0.1, 0.15) is 71.9 Å². The molecule has 0 aliphatic heterocycles. The summed E-state index contributed by atoms with van der Waals surface area (Å²) in [7, 11) is 0. The van der Waals surface area contributed by atoms with Crippen LogP contribution >= 0.6 is 23.1 Å². The van der Waals surface area contributed by atoms with E-state index in [0.29, 0.717) is 5.92 Å². The van der Waals surface area contributed by atoms with Crippen LogP contribution in [0.5, 0.6) is 0 Å². The van der Waals surface area contributed by atoms with Gasteiger partial charge in [0, 0.05) is 12.2 Å². The summed E-state index contributed by atoms with van der Waals surface area (Å²) in [5.41, 5.74) is 3.12. The van der Waals surface area contributed by atoms with E-state index in [1.807, 2.05) is 29.6 Å². The molecule has 3 aromatic rings. The first kappa shape index (κ1) is 30.2. The number of thioether (sulfide) groups is 1. The third-order valence-corrected chi connectivity index (χ3v) is 7.25. The fourth-order valence-corrected chi connectivity index (χ4v) is 5.01. The largest absolute Gasteiger partial charge is 0.473 e. The molecular weight excluding hydrogens is 508 g/mol. The second-order valence-electron chi connectivity index (χ2n) is 8.59. The zero-order valence-electron chi connectivity index (χ0n) is 21.2. The number of ketones is 1. The highest BCUT2D eigenvalue weighted by atomic mass is 32.2. The van der Waals surface area contributed by atoms with E-state index in [1.165, 1.54) is 36.2 Å². The molecule has 0 radical (unpaired) electrons. The number of thiophene rings is 1. The van der Waals surface area contributed by atoms with Crippen LogP contribution in [0.2, 0.25) is 0 Å². The number of aromatic nitrogens is 1. The highest BCUT2D eigenvalue weighted by Crippen LogP contribution is 2.28. The standard InChI is InChI=1S/C26H32N2OS2.C2H2O4/c1-20(2)23-15-14-22(25(29)24-13-10-18-30-24)26(28-23)31-17-9-4-3-8-16-27-19-21-11-6-5-7-12-21;3-1(4)2(5)6/h5-7,10-15,18,20,27H,3-4,8-9,16-17,19H2,1-2H3;(H,3,4)(H,5,6). The summed E-state index contributed by atoms with van der Waals surface area (Å²) in [5.74, 6) is -2.21. The van der Waals surface area contributed by atoms with Gasteiger partial charge in [0.1, 0.15) is 5.03 Å². The molecule has 0 fully saturated rings. The van der Waals surface area contributed by atoms with Gasteiger partial charge in [-0.15, -0.1) is 23.1 Å². The molecule has 0 bridgehead atoms. The van der Waals surface area contributed by atoms with Crippen LogP contribution in [0.25, 0.3) is 0 Å². The van der Waals surface area contributed by atoms with Crippen LogP contribution in [0.3, 0.4) is 0 Å². The van der Waals surface area contributed by atoms with Crippen LogP contribution in [0.15, 0.2) is 65.0 Å². The highest BCUT2D eigenvalue weighted by Gasteiger charge is 2.17. The van der Waals surface area contributed by atoms with Crippen LogP contribution in [-0.2, 0) is 16.1 Å². The molecule has 0 saturated carbocycles. The van der Waals surface area contributed by atoms with E-state index in [1.54, 1.807) is 11.8 Å². The van der Waals surface area contributed by atoms with E-state index in [0.717, 1.165) is 46.4 Å². The molecular formula is C28H34N2O5S2. The number of hydrogen-bond donors (Lipinski definition) is 3. The molecule has 37 heavy (non-hydrogen) atoms. The Morgan fingerprint density at radius 1 is 0.919 bits per heavy atom. The number of rotatable bonds is 13. The Balaban J connectivity index is 0.000000717. The minimum absolute atomic E-state index is 0.0878. The first-order chi connectivity index (χ1) is 17.8. The lowest BCUT2D eigenvalue weighted by Gasteiger charge is -2.11. The predicted octanol–water partition coefficient (Wildman–Crippen LogP) is 6.10. The molecule has 7 nitrogen and oxygen atoms in total. The van der Waals surface area contributed by atoms with E-state index in [2.05, 4.69) is 49.5 Å². The van der Waals surface area contributed by atoms with Crippen LogP contribution in [0, 0.1) is 0 Å². The molecule has 2 heterocycles. The van der Waals surface area contributed by atoms with Crippen molar-refractivity contribution < 1.29 is 24.6 Å². The molecule has 0 unspecified atom stereocenters. The number of carboxylic acids is 2. The highest BCUT2D eigenvalue weighted by molar-refractivity contribution is 7.99. The topological polar surface area (TPSA) is 117 Å². The molecule has 9 heteroatoms. The normalized spacial score (nSPS) is 10.6. The number of unbranched alkanes of at least 4 members (excludes halogenated alkanes) is 3. The summed E-state index contributed by atoms with van der Waals surface area (Å²) in [6.07, 6.45) is 4.77. The van der Waals surface area contributed by atoms with Gasteiger partial charge in [0.25, 0.3) is 0 Å². The second kappa shape index (κ2) is 16.7. The van der Waals surface area contributed by atoms with Crippen molar-refractivity contribution in [3.05, 3.63) is 81.7 Å². The zero-order valence-corrected chi connectivity index (χ0v) is 22.8. The lowest BCUT2D eigenvalue weighted by molar-refractivity contribution is -0.159. The van der Waals surface area contributed by atoms with Crippen LogP contribution < -0.4 is 5.32 Å². The number of hydrogen-bond acceptors (Lipinski definition) is 7. The molecule has 2 aromatic heterocycles. The van der Waals surface area contributed by atoms with Crippen molar-refractivity contribution in [2.45, 2.75) is 57.0 Å². The molecule has 0 saturated heterocycles. The van der Waals surface area contributed by atoms with E-state index in [9.17, 15) is 4.79 Å². The van der Waals surface area contributed by atoms with E-state index < -0.39 is 11.9 Å². The van der Waals surface area contributed by atoms with Gasteiger partial charge in [-0.3, -0.25) is 4.79 Å². The Morgan fingerprint density at radius 3 is 2.24 bits per heavy atom. The predicted molar refractivity (Wildman–Crippen MR) is 149 cm³/mol. The van der Waals surface area contributed by atoms with Crippen molar-refractivity contribution in [1.29, 1.82) is 0 Å². The smallest absolute Gasteiger partial charge is 0.414 e. The third kappa shape index (κ3) is 11.3. The number of nitrogens with one attached hydrogen (secondary N) is 1. The van der Waals surface area contributed by atoms with Gasteiger partial charge in [-0.25, -0.2) is 14.6 Å². The maximum absolute atomic E-state index is 12.9. The third-order valence-electron chi connectivity index (χ3n) is 5.30. The molecule has 0 atom stereocenters. The molecule has 0 aliphatic rings. The maximum Gasteiger partial charge on any atom is 0.414 e. The Labute approximate surface area is 226 Å². The average molecular weight is 543 g/mol. The molecule has 1 aromatic carbocycles. The van der Waals surface area contributed by atoms with Gasteiger partial charge in [0.15, 0.2) is 0 Å². The SMILES string of the molecule is CC(C)c1ccc(C(=O)c2cccs2)c(SCCCCCCNCc2ccccc2)n1.O=C(O)C(=O)O. The molecule has 0 spiro atoms. The fourth-order valence-electron chi connectivity index (χ4n) is 3.30. The van der Waals surface area contributed by atoms with Gasteiger partial charge < -0.3 is 15.5 Å². The summed E-state index contributed by atoms with van der Waals surface area (Å²) >= 11 is 3.22. The van der Waals surface area contributed by atoms with E-state index in [4.69, 9.17) is 24.8 Å². The summed E-state index contributed by atoms with van der Waals surface area (Å²) in [6, 6.07) is 18.3. The van der Waals surface area contributed by atoms with Gasteiger partial charge in [-0.05, 0) is 60.2 Å². The minimum Gasteiger partial charge on any atom is -0.473 e. The lowest BCUT2D eigenvalue weighted by Crippen LogP contribution is -2.14. The van der Waals surface area contributed by atoms with Crippen LogP contribution in [-0.4, -0.2) is 45.2 Å². The summed E-state index contributed by atoms with van der Waals surface area (Å²) < 4.78 is 0. The number of carboxylic acid groups (broad SMARTS) is 2. The second-order valence-corrected chi connectivity index (χ2v) is 10.6. The number of carbonyl (C=O) groups is 3. The number of aliphatic carboxylic acids is 2. The molecule has 3 N–H and O–H groups in total. The Morgan fingerprint density at radius 2 is 1.62 bits per heavy atom. The minimum atomic E-state index is -1.82. The van der Waals surface area contributed by atoms with Gasteiger partial charge in [-0.2, -0.15) is 0 Å². The lowest BCUT2D eigenvalue weighted by atomic mass is 10.1. The van der Waals surface area contributed by atoms with Gasteiger partial charge >= 0.3 is 11.9 Å². The monoisotopic (exact) mass is 542 g/mol. The molecule has 0 aliphatic carbocycles. The van der Waals surface area contributed by atoms with E-state index in [-0.39, 0.29) is 5.78 Å². The van der Waals surface area contributed by atoms with Gasteiger partial charge in [0.05, 0.1) is 10.4 Å². The Kier molecular flexibility index (Phi) is 13.6. The van der Waals surface area contributed by atoms with Gasteiger partial charge in [0.2, 0.25) is 5.78 Å². The van der Waals surface area contributed by atoms with Gasteiger partial charge in [-0.1, -0.05) is 63.1 Å². The van der Waals surface area contributed by atoms with Crippen molar-refractivity contribution >= 4 is 40.8 Å². The summed E-state index contributed by atoms with van der Waals surface area (Å²) in [5, 5.41) is 21.1. The zero-order chi connectivity index (χ0) is 27.0. The van der Waals surface area contributed by atoms with Crippen molar-refractivity contribution in [1.82, 2.24) is 10.3 Å². The van der Waals surface area contributed by atoms with Crippen molar-refractivity contribution in [2.24, 2.45) is 0 Å².